The van der Waals surface area contributed by atoms with Gasteiger partial charge in [0.25, 0.3) is 5.91 Å². The summed E-state index contributed by atoms with van der Waals surface area (Å²) in [4.78, 5) is 22.5. The summed E-state index contributed by atoms with van der Waals surface area (Å²) >= 11 is 0. The molecule has 1 atom stereocenters. The Balaban J connectivity index is 1.38. The third kappa shape index (κ3) is 4.35. The van der Waals surface area contributed by atoms with Gasteiger partial charge < -0.3 is 20.1 Å². The summed E-state index contributed by atoms with van der Waals surface area (Å²) in [5.41, 5.74) is 1.30. The average Bonchev–Trinajstić information content (AvgIpc) is 2.67. The van der Waals surface area contributed by atoms with Crippen LogP contribution in [0.15, 0.2) is 30.3 Å². The molecular weight excluding hydrogens is 346 g/mol. The van der Waals surface area contributed by atoms with E-state index in [0.29, 0.717) is 36.4 Å². The molecule has 2 aromatic rings. The van der Waals surface area contributed by atoms with Gasteiger partial charge >= 0.3 is 0 Å². The Labute approximate surface area is 157 Å². The van der Waals surface area contributed by atoms with Gasteiger partial charge in [-0.05, 0) is 12.5 Å². The zero-order valence-electron chi connectivity index (χ0n) is 15.3. The van der Waals surface area contributed by atoms with E-state index < -0.39 is 0 Å². The van der Waals surface area contributed by atoms with Crippen molar-refractivity contribution in [2.24, 2.45) is 0 Å². The van der Waals surface area contributed by atoms with E-state index in [1.54, 1.807) is 6.92 Å². The van der Waals surface area contributed by atoms with Crippen molar-refractivity contribution >= 4 is 17.5 Å². The minimum atomic E-state index is -0.210. The quantitative estimate of drug-likeness (QED) is 0.824. The maximum Gasteiger partial charge on any atom is 0.263 e. The maximum atomic E-state index is 11.5. The lowest BCUT2D eigenvalue weighted by Gasteiger charge is -2.33. The van der Waals surface area contributed by atoms with Crippen molar-refractivity contribution in [1.82, 2.24) is 14.9 Å². The second-order valence-electron chi connectivity index (χ2n) is 6.73. The summed E-state index contributed by atoms with van der Waals surface area (Å²) in [5.74, 6) is 1.84. The molecule has 27 heavy (non-hydrogen) atoms. The SMILES string of the molecule is Cc1nc(NCC2CN(Cc3ccccc3)CCO2)c2c(n1)NC(=O)CO2. The van der Waals surface area contributed by atoms with Gasteiger partial charge in [-0.2, -0.15) is 0 Å². The number of hydrogen-bond donors (Lipinski definition) is 2. The molecule has 1 saturated heterocycles. The van der Waals surface area contributed by atoms with Gasteiger partial charge in [0.15, 0.2) is 18.2 Å². The molecule has 1 aromatic heterocycles. The molecule has 1 fully saturated rings. The van der Waals surface area contributed by atoms with E-state index in [0.717, 1.165) is 19.6 Å². The van der Waals surface area contributed by atoms with Gasteiger partial charge in [-0.15, -0.1) is 0 Å². The van der Waals surface area contributed by atoms with Crippen LogP contribution in [-0.4, -0.2) is 59.7 Å². The second kappa shape index (κ2) is 7.89. The van der Waals surface area contributed by atoms with E-state index in [9.17, 15) is 4.79 Å². The number of rotatable bonds is 5. The first-order valence-electron chi connectivity index (χ1n) is 9.10. The third-order valence-electron chi connectivity index (χ3n) is 4.55. The van der Waals surface area contributed by atoms with Crippen LogP contribution in [0.2, 0.25) is 0 Å². The molecule has 0 aliphatic carbocycles. The van der Waals surface area contributed by atoms with E-state index in [-0.39, 0.29) is 18.6 Å². The molecule has 142 valence electrons. The number of nitrogens with zero attached hydrogens (tertiary/aromatic N) is 3. The molecule has 4 rings (SSSR count). The molecule has 0 saturated carbocycles. The Morgan fingerprint density at radius 1 is 1.30 bits per heavy atom. The zero-order valence-corrected chi connectivity index (χ0v) is 15.3. The fourth-order valence-corrected chi connectivity index (χ4v) is 3.31. The first-order chi connectivity index (χ1) is 13.2. The number of ether oxygens (including phenoxy) is 2. The molecule has 8 nitrogen and oxygen atoms in total. The van der Waals surface area contributed by atoms with Crippen molar-refractivity contribution < 1.29 is 14.3 Å². The number of anilines is 2. The van der Waals surface area contributed by atoms with E-state index in [2.05, 4.69) is 49.8 Å². The maximum absolute atomic E-state index is 11.5. The van der Waals surface area contributed by atoms with E-state index in [1.165, 1.54) is 5.56 Å². The molecule has 1 unspecified atom stereocenters. The molecule has 1 aromatic carbocycles. The summed E-state index contributed by atoms with van der Waals surface area (Å²) < 4.78 is 11.4. The lowest BCUT2D eigenvalue weighted by Crippen LogP contribution is -2.44. The largest absolute Gasteiger partial charge is 0.476 e. The predicted octanol–water partition coefficient (Wildman–Crippen LogP) is 1.43. The normalized spacial score (nSPS) is 19.7. The van der Waals surface area contributed by atoms with Crippen LogP contribution in [-0.2, 0) is 16.1 Å². The lowest BCUT2D eigenvalue weighted by molar-refractivity contribution is -0.118. The van der Waals surface area contributed by atoms with E-state index in [4.69, 9.17) is 9.47 Å². The molecule has 2 N–H and O–H groups in total. The summed E-state index contributed by atoms with van der Waals surface area (Å²) in [6.45, 7) is 5.73. The highest BCUT2D eigenvalue weighted by Crippen LogP contribution is 2.32. The van der Waals surface area contributed by atoms with Crippen molar-refractivity contribution in [2.45, 2.75) is 19.6 Å². The molecular formula is C19H23N5O3. The van der Waals surface area contributed by atoms with Crippen LogP contribution in [0.1, 0.15) is 11.4 Å². The molecule has 8 heteroatoms. The Morgan fingerprint density at radius 2 is 2.15 bits per heavy atom. The Morgan fingerprint density at radius 3 is 3.00 bits per heavy atom. The van der Waals surface area contributed by atoms with E-state index >= 15 is 0 Å². The van der Waals surface area contributed by atoms with Crippen LogP contribution in [0.5, 0.6) is 5.75 Å². The summed E-state index contributed by atoms with van der Waals surface area (Å²) in [7, 11) is 0. The Hall–Kier alpha value is -2.71. The highest BCUT2D eigenvalue weighted by molar-refractivity contribution is 5.95. The van der Waals surface area contributed by atoms with Crippen molar-refractivity contribution in [2.75, 3.05) is 43.5 Å². The summed E-state index contributed by atoms with van der Waals surface area (Å²) in [6, 6.07) is 10.4. The number of aromatic nitrogens is 2. The first-order valence-corrected chi connectivity index (χ1v) is 9.10. The number of benzene rings is 1. The van der Waals surface area contributed by atoms with Gasteiger partial charge in [0.2, 0.25) is 5.75 Å². The number of carbonyl (C=O) groups excluding carboxylic acids is 1. The predicted molar refractivity (Wildman–Crippen MR) is 101 cm³/mol. The second-order valence-corrected chi connectivity index (χ2v) is 6.73. The van der Waals surface area contributed by atoms with Crippen LogP contribution >= 0.6 is 0 Å². The fourth-order valence-electron chi connectivity index (χ4n) is 3.31. The summed E-state index contributed by atoms with van der Waals surface area (Å²) in [5, 5.41) is 6.02. The molecule has 0 radical (unpaired) electrons. The van der Waals surface area contributed by atoms with Gasteiger partial charge in [0.1, 0.15) is 5.82 Å². The van der Waals surface area contributed by atoms with E-state index in [1.807, 2.05) is 6.07 Å². The molecule has 0 bridgehead atoms. The van der Waals surface area contributed by atoms with Crippen molar-refractivity contribution in [1.29, 1.82) is 0 Å². The van der Waals surface area contributed by atoms with Gasteiger partial charge in [-0.25, -0.2) is 9.97 Å². The van der Waals surface area contributed by atoms with Crippen LogP contribution < -0.4 is 15.4 Å². The molecule has 2 aliphatic rings. The van der Waals surface area contributed by atoms with Crippen molar-refractivity contribution in [3.05, 3.63) is 41.7 Å². The van der Waals surface area contributed by atoms with Crippen LogP contribution in [0.4, 0.5) is 11.6 Å². The smallest absolute Gasteiger partial charge is 0.263 e. The number of nitrogens with one attached hydrogen (secondary N) is 2. The first kappa shape index (κ1) is 17.7. The fraction of sp³-hybridized carbons (Fsp3) is 0.421. The number of aryl methyl sites for hydroxylation is 1. The summed E-state index contributed by atoms with van der Waals surface area (Å²) in [6.07, 6.45) is 0.0477. The highest BCUT2D eigenvalue weighted by atomic mass is 16.5. The average molecular weight is 369 g/mol. The molecule has 2 aliphatic heterocycles. The van der Waals surface area contributed by atoms with Crippen LogP contribution in [0.3, 0.4) is 0 Å². The monoisotopic (exact) mass is 369 g/mol. The van der Waals surface area contributed by atoms with Gasteiger partial charge in [0, 0.05) is 26.2 Å². The highest BCUT2D eigenvalue weighted by Gasteiger charge is 2.25. The van der Waals surface area contributed by atoms with Gasteiger partial charge in [-0.3, -0.25) is 9.69 Å². The topological polar surface area (TPSA) is 88.6 Å². The van der Waals surface area contributed by atoms with Gasteiger partial charge in [-0.1, -0.05) is 30.3 Å². The van der Waals surface area contributed by atoms with Gasteiger partial charge in [0.05, 0.1) is 12.7 Å². The van der Waals surface area contributed by atoms with Crippen LogP contribution in [0, 0.1) is 6.92 Å². The number of hydrogen-bond acceptors (Lipinski definition) is 7. The van der Waals surface area contributed by atoms with Crippen LogP contribution in [0.25, 0.3) is 0 Å². The number of morpholine rings is 1. The standard InChI is InChI=1S/C19H23N5O3/c1-13-21-18(17-19(22-13)23-16(25)12-27-17)20-9-15-11-24(7-8-26-15)10-14-5-3-2-4-6-14/h2-6,15H,7-12H2,1H3,(H2,20,21,22,23,25). The lowest BCUT2D eigenvalue weighted by atomic mass is 10.2. The van der Waals surface area contributed by atoms with Crippen molar-refractivity contribution in [3.63, 3.8) is 0 Å². The molecule has 1 amide bonds. The Bertz CT molecular complexity index is 814. The Kier molecular flexibility index (Phi) is 5.17. The van der Waals surface area contributed by atoms with Crippen molar-refractivity contribution in [3.8, 4) is 5.75 Å². The third-order valence-corrected chi connectivity index (χ3v) is 4.55. The minimum Gasteiger partial charge on any atom is -0.476 e. The zero-order chi connectivity index (χ0) is 18.6. The number of amides is 1. The molecule has 3 heterocycles. The minimum absolute atomic E-state index is 0.0289. The number of fused-ring (bicyclic) bond motifs is 1. The molecule has 0 spiro atoms. The number of carbonyl (C=O) groups is 1.